The van der Waals surface area contributed by atoms with Gasteiger partial charge in [0.05, 0.1) is 20.1 Å². The van der Waals surface area contributed by atoms with Crippen molar-refractivity contribution in [2.24, 2.45) is 0 Å². The van der Waals surface area contributed by atoms with E-state index in [2.05, 4.69) is 546 Å². The van der Waals surface area contributed by atoms with Crippen LogP contribution in [0.4, 0.5) is 0 Å². The van der Waals surface area contributed by atoms with Gasteiger partial charge in [0.1, 0.15) is 46.4 Å². The molecule has 0 amide bonds. The summed E-state index contributed by atoms with van der Waals surface area (Å²) < 4.78 is 17.5. The molecule has 0 aliphatic heterocycles. The third kappa shape index (κ3) is 30.2. The summed E-state index contributed by atoms with van der Waals surface area (Å²) in [5, 5.41) is 25.7. The first-order valence-corrected chi connectivity index (χ1v) is 55.5. The molecule has 16 heteroatoms. The average Bonchev–Trinajstić information content (AvgIpc) is 0.760. The molecule has 0 aliphatic carbocycles. The lowest BCUT2D eigenvalue weighted by molar-refractivity contribution is -0.337. The van der Waals surface area contributed by atoms with Gasteiger partial charge in [0.2, 0.25) is 0 Å². The number of hydrogen-bond donors (Lipinski definition) is 4. The summed E-state index contributed by atoms with van der Waals surface area (Å²) in [5.74, 6) is 0. The maximum Gasteiger partial charge on any atom is 0.466 e. The molecule has 0 fully saturated rings. The number of unbranched alkanes of at least 4 members (excludes halogenated alkanes) is 3. The Bertz CT molecular complexity index is 5000. The summed E-state index contributed by atoms with van der Waals surface area (Å²) in [6.45, 7) is 0. The van der Waals surface area contributed by atoms with Crippen LogP contribution in [0, 0.1) is 0 Å². The summed E-state index contributed by atoms with van der Waals surface area (Å²) in [6.07, 6.45) is 7.32. The van der Waals surface area contributed by atoms with Crippen molar-refractivity contribution in [3.05, 3.63) is 546 Å². The van der Waals surface area contributed by atoms with E-state index in [1.54, 1.807) is 0 Å². The van der Waals surface area contributed by atoms with E-state index in [1.807, 2.05) is 0 Å². The molecule has 0 aliphatic rings. The molecule has 8 nitrogen and oxygen atoms in total. The summed E-state index contributed by atoms with van der Waals surface area (Å²) in [5.41, 5.74) is 0. The zero-order valence-corrected chi connectivity index (χ0v) is 79.4. The highest BCUT2D eigenvalue weighted by atomic mass is 31.2. The van der Waals surface area contributed by atoms with Crippen LogP contribution in [0.1, 0.15) is 25.7 Å². The number of hydrogen-bond acceptors (Lipinski definition) is 4. The Balaban J connectivity index is 0.000000151. The molecule has 130 heavy (non-hydrogen) atoms. The summed E-state index contributed by atoms with van der Waals surface area (Å²) >= 11 is 0. The SMILES string of the molecule is O=P(O)(O)O.O=P([O-])([O-])O.c1ccc(P(c2ccccc2)c2ccccc2)cc1.c1ccc(P(c2ccccc2)c2ccccc2)cc1.c1ccc(P(c2ccccc2)c2ccccc2)cc1.c1ccc(P(c2ccccc2)c2ccccc2)cc1.c1ccc([P+](CCCCCC[P+](c2ccccc2)(c2ccccc2)c2ccccc2)(c2ccccc2)c2ccccc2)cc1. The number of benzene rings is 18. The van der Waals surface area contributed by atoms with E-state index < -0.39 is 61.9 Å². The van der Waals surface area contributed by atoms with Gasteiger partial charge in [0.25, 0.3) is 0 Å². The molecule has 0 spiro atoms. The first-order valence-electron chi connectivity index (χ1n) is 43.1. The van der Waals surface area contributed by atoms with Gasteiger partial charge < -0.3 is 33.9 Å². The molecule has 0 unspecified atom stereocenters. The van der Waals surface area contributed by atoms with Gasteiger partial charge in [-0.2, -0.15) is 0 Å². The molecule has 0 aromatic heterocycles. The first kappa shape index (κ1) is 97.8. The van der Waals surface area contributed by atoms with Crippen molar-refractivity contribution in [2.75, 3.05) is 12.3 Å². The molecule has 18 aromatic rings. The van der Waals surface area contributed by atoms with E-state index in [-0.39, 0.29) is 0 Å². The monoisotopic (exact) mass is 1850 g/mol. The van der Waals surface area contributed by atoms with Crippen LogP contribution in [0.25, 0.3) is 0 Å². The van der Waals surface area contributed by atoms with Gasteiger partial charge in [0, 0.05) is 0 Å². The van der Waals surface area contributed by atoms with Crippen molar-refractivity contribution in [1.82, 2.24) is 0 Å². The molecular formula is C114H106O8P8. The topological polar surface area (TPSA) is 161 Å². The van der Waals surface area contributed by atoms with E-state index in [0.717, 1.165) is 0 Å². The molecule has 0 atom stereocenters. The van der Waals surface area contributed by atoms with Crippen molar-refractivity contribution < 1.29 is 38.5 Å². The minimum absolute atomic E-state index is 0.446. The van der Waals surface area contributed by atoms with Crippen LogP contribution < -0.4 is 105 Å². The van der Waals surface area contributed by atoms with Crippen molar-refractivity contribution >= 4 is 157 Å². The highest BCUT2D eigenvalue weighted by Gasteiger charge is 2.46. The van der Waals surface area contributed by atoms with E-state index in [9.17, 15) is 0 Å². The predicted molar refractivity (Wildman–Crippen MR) is 563 cm³/mol. The van der Waals surface area contributed by atoms with Crippen LogP contribution in [0.2, 0.25) is 0 Å². The summed E-state index contributed by atoms with van der Waals surface area (Å²) in [6, 6.07) is 197. The van der Waals surface area contributed by atoms with Gasteiger partial charge in [-0.3, -0.25) is 0 Å². The Morgan fingerprint density at radius 1 is 0.169 bits per heavy atom. The van der Waals surface area contributed by atoms with E-state index in [0.29, 0.717) is 0 Å². The Morgan fingerprint density at radius 2 is 0.254 bits per heavy atom. The number of rotatable bonds is 25. The van der Waals surface area contributed by atoms with Crippen molar-refractivity contribution in [3.63, 3.8) is 0 Å². The standard InChI is InChI=1S/C42H42P2.4C18H15P.2H3O4P/c1(21-35-43(37-23-9-3-10-24-37,38-25-11-4-12-26-38)39-27-13-5-14-28-39)2-22-36-44(40-29-15-6-16-30-40,41-31-17-7-18-32-41)42-33-19-8-20-34-42;4*1-4-10-16(11-5-1)19(17-12-6-2-7-13-17)18-14-8-3-9-15-18;2*1-5(2,3)4/h3-20,23-34H,1-2,21-22,35-36H2;4*1-15H;2*(H3,1,2,3,4)/q+2;;;;;;/p-2. The van der Waals surface area contributed by atoms with Crippen molar-refractivity contribution in [2.45, 2.75) is 25.7 Å². The molecule has 0 bridgehead atoms. The third-order valence-electron chi connectivity index (χ3n) is 21.1. The second-order valence-electron chi connectivity index (χ2n) is 29.8. The van der Waals surface area contributed by atoms with Gasteiger partial charge in [0.15, 0.2) is 0 Å². The van der Waals surface area contributed by atoms with E-state index in [4.69, 9.17) is 38.5 Å². The predicted octanol–water partition coefficient (Wildman–Crippen LogP) is 19.2. The quantitative estimate of drug-likeness (QED) is 0.0325. The highest BCUT2D eigenvalue weighted by molar-refractivity contribution is 7.96. The maximum absolute atomic E-state index is 8.88. The Labute approximate surface area is 774 Å². The first-order chi connectivity index (χ1) is 63.6. The zero-order valence-electron chi connectivity index (χ0n) is 72.2. The molecule has 18 rings (SSSR count). The molecule has 0 heterocycles. The number of phosphoric acid groups is 2. The minimum atomic E-state index is -5.14. The fourth-order valence-corrected chi connectivity index (χ4v) is 33.6. The highest BCUT2D eigenvalue weighted by Crippen LogP contribution is 2.58. The van der Waals surface area contributed by atoms with Crippen LogP contribution in [0.5, 0.6) is 0 Å². The van der Waals surface area contributed by atoms with Crippen LogP contribution in [0.15, 0.2) is 546 Å². The smallest absolute Gasteiger partial charge is 0.466 e. The van der Waals surface area contributed by atoms with E-state index >= 15 is 0 Å². The lowest BCUT2D eigenvalue weighted by Gasteiger charge is -2.28. The molecule has 0 saturated carbocycles. The largest absolute Gasteiger partial charge is 0.790 e. The molecule has 18 aromatic carbocycles. The van der Waals surface area contributed by atoms with Crippen molar-refractivity contribution in [3.8, 4) is 0 Å². The second kappa shape index (κ2) is 52.6. The zero-order chi connectivity index (χ0) is 90.6. The molecule has 650 valence electrons. The van der Waals surface area contributed by atoms with Gasteiger partial charge in [-0.25, -0.2) is 4.57 Å². The van der Waals surface area contributed by atoms with Gasteiger partial charge in [-0.05, 0) is 194 Å². The van der Waals surface area contributed by atoms with Gasteiger partial charge >= 0.3 is 7.82 Å². The lowest BCUT2D eigenvalue weighted by atomic mass is 10.2. The summed E-state index contributed by atoms with van der Waals surface area (Å²) in [7, 11) is -15.1. The average molecular weight is 1850 g/mol. The lowest BCUT2D eigenvalue weighted by Crippen LogP contribution is -2.33. The van der Waals surface area contributed by atoms with E-state index in [1.165, 1.54) is 133 Å². The Hall–Kier alpha value is -11.2. The fourth-order valence-electron chi connectivity index (χ4n) is 15.5. The van der Waals surface area contributed by atoms with Gasteiger partial charge in [-0.1, -0.05) is 473 Å². The normalized spacial score (nSPS) is 11.1. The molecule has 0 saturated heterocycles. The molecule has 0 radical (unpaired) electrons. The molecule has 4 N–H and O–H groups in total. The molecular weight excluding hydrogens is 1750 g/mol. The van der Waals surface area contributed by atoms with Gasteiger partial charge in [-0.15, -0.1) is 0 Å². The van der Waals surface area contributed by atoms with Crippen LogP contribution >= 0.6 is 61.9 Å². The summed E-state index contributed by atoms with van der Waals surface area (Å²) in [4.78, 5) is 45.8. The Kier molecular flexibility index (Phi) is 39.5. The second-order valence-corrected chi connectivity index (χ2v) is 47.9. The maximum atomic E-state index is 8.88. The Morgan fingerprint density at radius 3 is 0.346 bits per heavy atom. The van der Waals surface area contributed by atoms with Crippen LogP contribution in [-0.2, 0) is 9.13 Å². The third-order valence-corrected chi connectivity index (χ3v) is 39.9. The fraction of sp³-hybridized carbons (Fsp3) is 0.0526. The van der Waals surface area contributed by atoms with Crippen LogP contribution in [0.3, 0.4) is 0 Å². The van der Waals surface area contributed by atoms with Crippen LogP contribution in [-0.4, -0.2) is 31.9 Å². The van der Waals surface area contributed by atoms with Crippen molar-refractivity contribution in [1.29, 1.82) is 0 Å². The minimum Gasteiger partial charge on any atom is -0.790 e.